The number of carbonyl (C=O) groups is 2. The van der Waals surface area contributed by atoms with Gasteiger partial charge in [0.15, 0.2) is 0 Å². The number of aromatic nitrogens is 2. The van der Waals surface area contributed by atoms with Gasteiger partial charge in [0.1, 0.15) is 11.4 Å². The van der Waals surface area contributed by atoms with Crippen LogP contribution in [-0.4, -0.2) is 28.5 Å². The number of pyridine rings is 2. The van der Waals surface area contributed by atoms with Gasteiger partial charge in [0.2, 0.25) is 0 Å². The molecule has 2 aromatic rings. The first kappa shape index (κ1) is 13.7. The summed E-state index contributed by atoms with van der Waals surface area (Å²) in [6, 6.07) is 8.02. The first-order valence-corrected chi connectivity index (χ1v) is 6.06. The van der Waals surface area contributed by atoms with Crippen LogP contribution >= 0.6 is 0 Å². The second-order valence-electron chi connectivity index (χ2n) is 3.82. The Balaban J connectivity index is 2.14. The maximum Gasteiger partial charge on any atom is 0.356 e. The Kier molecular flexibility index (Phi) is 4.39. The Labute approximate surface area is 115 Å². The molecule has 0 saturated heterocycles. The van der Waals surface area contributed by atoms with E-state index in [0.717, 1.165) is 0 Å². The van der Waals surface area contributed by atoms with Gasteiger partial charge in [-0.2, -0.15) is 0 Å². The second-order valence-corrected chi connectivity index (χ2v) is 3.82. The topological polar surface area (TPSA) is 81.2 Å². The maximum atomic E-state index is 12.0. The van der Waals surface area contributed by atoms with Crippen molar-refractivity contribution in [1.29, 1.82) is 0 Å². The molecule has 0 saturated carbocycles. The van der Waals surface area contributed by atoms with Crippen LogP contribution in [0, 0.1) is 0 Å². The lowest BCUT2D eigenvalue weighted by Crippen LogP contribution is -2.16. The molecule has 102 valence electrons. The molecular formula is C14H13N3O3. The molecule has 0 aliphatic heterocycles. The zero-order valence-corrected chi connectivity index (χ0v) is 10.9. The van der Waals surface area contributed by atoms with Crippen LogP contribution in [0.1, 0.15) is 27.9 Å². The van der Waals surface area contributed by atoms with Crippen LogP contribution in [0.3, 0.4) is 0 Å². The van der Waals surface area contributed by atoms with Gasteiger partial charge in [-0.3, -0.25) is 9.78 Å². The summed E-state index contributed by atoms with van der Waals surface area (Å²) in [6.45, 7) is 1.96. The smallest absolute Gasteiger partial charge is 0.356 e. The van der Waals surface area contributed by atoms with Crippen LogP contribution in [0.4, 0.5) is 5.69 Å². The molecule has 2 heterocycles. The molecule has 1 N–H and O–H groups in total. The summed E-state index contributed by atoms with van der Waals surface area (Å²) in [5, 5.41) is 2.64. The lowest BCUT2D eigenvalue weighted by Gasteiger charge is -2.05. The van der Waals surface area contributed by atoms with Crippen LogP contribution in [0.25, 0.3) is 0 Å². The molecule has 1 amide bonds. The van der Waals surface area contributed by atoms with Gasteiger partial charge >= 0.3 is 5.97 Å². The zero-order valence-electron chi connectivity index (χ0n) is 10.9. The Morgan fingerprint density at radius 2 is 2.00 bits per heavy atom. The van der Waals surface area contributed by atoms with Crippen molar-refractivity contribution in [3.05, 3.63) is 54.1 Å². The number of hydrogen-bond acceptors (Lipinski definition) is 5. The zero-order chi connectivity index (χ0) is 14.4. The average Bonchev–Trinajstić information content (AvgIpc) is 2.48. The molecule has 0 aliphatic rings. The lowest BCUT2D eigenvalue weighted by atomic mass is 10.3. The van der Waals surface area contributed by atoms with E-state index in [-0.39, 0.29) is 18.0 Å². The summed E-state index contributed by atoms with van der Waals surface area (Å²) >= 11 is 0. The summed E-state index contributed by atoms with van der Waals surface area (Å²) < 4.78 is 4.84. The van der Waals surface area contributed by atoms with Crippen LogP contribution in [0.2, 0.25) is 0 Å². The van der Waals surface area contributed by atoms with Gasteiger partial charge in [-0.1, -0.05) is 6.07 Å². The van der Waals surface area contributed by atoms with Gasteiger partial charge in [0.05, 0.1) is 18.5 Å². The third kappa shape index (κ3) is 3.38. The Morgan fingerprint density at radius 3 is 2.70 bits per heavy atom. The standard InChI is InChI=1S/C14H13N3O3/c1-2-20-14(19)12-7-3-6-11(17-12)13(18)16-10-5-4-8-15-9-10/h3-9H,2H2,1H3,(H,16,18). The fraction of sp³-hybridized carbons (Fsp3) is 0.143. The molecule has 0 bridgehead atoms. The number of anilines is 1. The predicted octanol–water partition coefficient (Wildman–Crippen LogP) is 1.91. The van der Waals surface area contributed by atoms with Crippen molar-refractivity contribution >= 4 is 17.6 Å². The summed E-state index contributed by atoms with van der Waals surface area (Å²) in [5.74, 6) is -0.965. The fourth-order valence-corrected chi connectivity index (χ4v) is 1.51. The largest absolute Gasteiger partial charge is 0.461 e. The average molecular weight is 271 g/mol. The van der Waals surface area contributed by atoms with Crippen molar-refractivity contribution in [2.24, 2.45) is 0 Å². The van der Waals surface area contributed by atoms with Crippen molar-refractivity contribution in [1.82, 2.24) is 9.97 Å². The Morgan fingerprint density at radius 1 is 1.20 bits per heavy atom. The van der Waals surface area contributed by atoms with Gasteiger partial charge in [-0.15, -0.1) is 0 Å². The van der Waals surface area contributed by atoms with Crippen molar-refractivity contribution in [2.45, 2.75) is 6.92 Å². The highest BCUT2D eigenvalue weighted by Gasteiger charge is 2.13. The molecule has 2 aromatic heterocycles. The molecule has 0 aliphatic carbocycles. The summed E-state index contributed by atoms with van der Waals surface area (Å²) in [4.78, 5) is 31.4. The van der Waals surface area contributed by atoms with E-state index >= 15 is 0 Å². The van der Waals surface area contributed by atoms with Crippen molar-refractivity contribution in [2.75, 3.05) is 11.9 Å². The van der Waals surface area contributed by atoms with Crippen LogP contribution in [0.15, 0.2) is 42.7 Å². The molecule has 6 heteroatoms. The van der Waals surface area contributed by atoms with Crippen LogP contribution in [-0.2, 0) is 4.74 Å². The lowest BCUT2D eigenvalue weighted by molar-refractivity contribution is 0.0519. The number of nitrogens with zero attached hydrogens (tertiary/aromatic N) is 2. The van der Waals surface area contributed by atoms with Crippen LogP contribution < -0.4 is 5.32 Å². The van der Waals surface area contributed by atoms with Gasteiger partial charge < -0.3 is 10.1 Å². The van der Waals surface area contributed by atoms with Gasteiger partial charge in [0.25, 0.3) is 5.91 Å². The molecule has 0 radical (unpaired) electrons. The monoisotopic (exact) mass is 271 g/mol. The van der Waals surface area contributed by atoms with E-state index in [0.29, 0.717) is 5.69 Å². The van der Waals surface area contributed by atoms with E-state index < -0.39 is 11.9 Å². The van der Waals surface area contributed by atoms with Crippen molar-refractivity contribution < 1.29 is 14.3 Å². The SMILES string of the molecule is CCOC(=O)c1cccc(C(=O)Nc2cccnc2)n1. The molecule has 0 spiro atoms. The molecule has 0 unspecified atom stereocenters. The molecule has 0 aromatic carbocycles. The van der Waals surface area contributed by atoms with E-state index in [1.54, 1.807) is 31.3 Å². The summed E-state index contributed by atoms with van der Waals surface area (Å²) in [7, 11) is 0. The summed E-state index contributed by atoms with van der Waals surface area (Å²) in [5.41, 5.74) is 0.797. The number of ether oxygens (including phenoxy) is 1. The first-order valence-electron chi connectivity index (χ1n) is 6.06. The molecule has 0 atom stereocenters. The molecule has 2 rings (SSSR count). The molecule has 20 heavy (non-hydrogen) atoms. The van der Waals surface area contributed by atoms with Crippen molar-refractivity contribution in [3.63, 3.8) is 0 Å². The highest BCUT2D eigenvalue weighted by molar-refractivity contribution is 6.03. The number of nitrogens with one attached hydrogen (secondary N) is 1. The van der Waals surface area contributed by atoms with Gasteiger partial charge in [-0.25, -0.2) is 9.78 Å². The van der Waals surface area contributed by atoms with E-state index in [2.05, 4.69) is 15.3 Å². The van der Waals surface area contributed by atoms with Crippen LogP contribution in [0.5, 0.6) is 0 Å². The van der Waals surface area contributed by atoms with Crippen molar-refractivity contribution in [3.8, 4) is 0 Å². The Hall–Kier alpha value is -2.76. The van der Waals surface area contributed by atoms with E-state index in [1.165, 1.54) is 18.3 Å². The highest BCUT2D eigenvalue weighted by atomic mass is 16.5. The van der Waals surface area contributed by atoms with E-state index in [1.807, 2.05) is 0 Å². The number of esters is 1. The number of hydrogen-bond donors (Lipinski definition) is 1. The third-order valence-electron chi connectivity index (χ3n) is 2.39. The fourth-order valence-electron chi connectivity index (χ4n) is 1.51. The molecular weight excluding hydrogens is 258 g/mol. The first-order chi connectivity index (χ1) is 9.70. The quantitative estimate of drug-likeness (QED) is 0.859. The Bertz CT molecular complexity index is 614. The maximum absolute atomic E-state index is 12.0. The minimum Gasteiger partial charge on any atom is -0.461 e. The van der Waals surface area contributed by atoms with E-state index in [4.69, 9.17) is 4.74 Å². The third-order valence-corrected chi connectivity index (χ3v) is 2.39. The number of amides is 1. The minimum atomic E-state index is -0.552. The second kappa shape index (κ2) is 6.42. The highest BCUT2D eigenvalue weighted by Crippen LogP contribution is 2.07. The summed E-state index contributed by atoms with van der Waals surface area (Å²) in [6.07, 6.45) is 3.13. The number of rotatable bonds is 4. The molecule has 6 nitrogen and oxygen atoms in total. The minimum absolute atomic E-state index is 0.102. The van der Waals surface area contributed by atoms with Gasteiger partial charge in [0, 0.05) is 6.20 Å². The number of carbonyl (C=O) groups excluding carboxylic acids is 2. The van der Waals surface area contributed by atoms with E-state index in [9.17, 15) is 9.59 Å². The van der Waals surface area contributed by atoms with Gasteiger partial charge in [-0.05, 0) is 31.2 Å². The predicted molar refractivity (Wildman–Crippen MR) is 72.4 cm³/mol. The molecule has 0 fully saturated rings. The normalized spacial score (nSPS) is 9.85.